The summed E-state index contributed by atoms with van der Waals surface area (Å²) in [6, 6.07) is 4.44. The predicted octanol–water partition coefficient (Wildman–Crippen LogP) is 4.54. The minimum absolute atomic E-state index is 0.0435. The van der Waals surface area contributed by atoms with E-state index in [-0.39, 0.29) is 29.2 Å². The van der Waals surface area contributed by atoms with Gasteiger partial charge in [-0.25, -0.2) is 9.50 Å². The van der Waals surface area contributed by atoms with Gasteiger partial charge >= 0.3 is 6.18 Å². The van der Waals surface area contributed by atoms with Gasteiger partial charge in [-0.15, -0.1) is 11.3 Å². The fraction of sp³-hybridized carbons (Fsp3) is 0.421. The molecule has 0 atom stereocenters. The fourth-order valence-electron chi connectivity index (χ4n) is 3.49. The van der Waals surface area contributed by atoms with Crippen molar-refractivity contribution >= 4 is 22.8 Å². The quantitative estimate of drug-likeness (QED) is 0.595. The van der Waals surface area contributed by atoms with E-state index in [9.17, 15) is 18.0 Å². The molecular weight excluding hydrogens is 389 g/mol. The van der Waals surface area contributed by atoms with Crippen molar-refractivity contribution in [3.05, 3.63) is 41.0 Å². The Morgan fingerprint density at radius 2 is 1.93 bits per heavy atom. The van der Waals surface area contributed by atoms with Crippen molar-refractivity contribution in [1.29, 1.82) is 0 Å². The Morgan fingerprint density at radius 1 is 1.18 bits per heavy atom. The van der Waals surface area contributed by atoms with E-state index in [0.717, 1.165) is 49.4 Å². The summed E-state index contributed by atoms with van der Waals surface area (Å²) >= 11 is 1.30. The third-order valence-electron chi connectivity index (χ3n) is 4.90. The highest BCUT2D eigenvalue weighted by atomic mass is 32.1. The molecule has 0 aromatic carbocycles. The van der Waals surface area contributed by atoms with Gasteiger partial charge < -0.3 is 0 Å². The number of alkyl halides is 3. The van der Waals surface area contributed by atoms with E-state index in [1.165, 1.54) is 17.5 Å². The van der Waals surface area contributed by atoms with E-state index < -0.39 is 11.9 Å². The van der Waals surface area contributed by atoms with Crippen molar-refractivity contribution in [3.63, 3.8) is 0 Å². The lowest BCUT2D eigenvalue weighted by Crippen LogP contribution is -2.30. The molecule has 9 heteroatoms. The molecule has 0 unspecified atom stereocenters. The number of hydrogen-bond acceptors (Lipinski definition) is 5. The number of hydrogen-bond donors (Lipinski definition) is 0. The molecule has 4 heterocycles. The van der Waals surface area contributed by atoms with Gasteiger partial charge in [0.2, 0.25) is 0 Å². The molecule has 0 amide bonds. The molecule has 1 aliphatic rings. The summed E-state index contributed by atoms with van der Waals surface area (Å²) in [7, 11) is 0. The van der Waals surface area contributed by atoms with Gasteiger partial charge in [0.05, 0.1) is 28.9 Å². The number of ketones is 1. The summed E-state index contributed by atoms with van der Waals surface area (Å²) in [4.78, 5) is 19.9. The summed E-state index contributed by atoms with van der Waals surface area (Å²) in [5, 5.41) is 5.61. The zero-order valence-corrected chi connectivity index (χ0v) is 15.9. The number of halogens is 3. The molecule has 0 aliphatic carbocycles. The lowest BCUT2D eigenvalue weighted by molar-refractivity contribution is -0.142. The van der Waals surface area contributed by atoms with Crippen LogP contribution in [-0.4, -0.2) is 44.9 Å². The van der Waals surface area contributed by atoms with Crippen LogP contribution in [0.2, 0.25) is 0 Å². The highest BCUT2D eigenvalue weighted by Gasteiger charge is 2.36. The van der Waals surface area contributed by atoms with Gasteiger partial charge in [-0.05, 0) is 43.4 Å². The minimum Gasteiger partial charge on any atom is -0.296 e. The maximum absolute atomic E-state index is 13.6. The van der Waals surface area contributed by atoms with Crippen molar-refractivity contribution < 1.29 is 18.0 Å². The van der Waals surface area contributed by atoms with Gasteiger partial charge in [0.15, 0.2) is 17.1 Å². The van der Waals surface area contributed by atoms with Crippen LogP contribution in [0.15, 0.2) is 29.8 Å². The fourth-order valence-corrected chi connectivity index (χ4v) is 4.18. The molecule has 0 spiro atoms. The average molecular weight is 408 g/mol. The zero-order chi connectivity index (χ0) is 19.7. The Balaban J connectivity index is 1.75. The molecule has 1 aliphatic heterocycles. The molecule has 1 saturated heterocycles. The van der Waals surface area contributed by atoms with Crippen LogP contribution in [0.1, 0.15) is 41.7 Å². The first-order valence-corrected chi connectivity index (χ1v) is 10.1. The number of nitrogens with zero attached hydrogens (tertiary/aromatic N) is 4. The van der Waals surface area contributed by atoms with Crippen molar-refractivity contribution in [3.8, 4) is 10.6 Å². The van der Waals surface area contributed by atoms with Crippen LogP contribution in [0.5, 0.6) is 0 Å². The van der Waals surface area contributed by atoms with Crippen molar-refractivity contribution in [2.75, 3.05) is 19.6 Å². The Kier molecular flexibility index (Phi) is 5.20. The van der Waals surface area contributed by atoms with Crippen molar-refractivity contribution in [1.82, 2.24) is 19.5 Å². The maximum Gasteiger partial charge on any atom is 0.433 e. The third-order valence-corrected chi connectivity index (χ3v) is 5.79. The smallest absolute Gasteiger partial charge is 0.296 e. The molecule has 28 heavy (non-hydrogen) atoms. The van der Waals surface area contributed by atoms with Crippen LogP contribution in [0.3, 0.4) is 0 Å². The highest BCUT2D eigenvalue weighted by molar-refractivity contribution is 7.13. The van der Waals surface area contributed by atoms with Crippen LogP contribution in [0, 0.1) is 0 Å². The SMILES string of the molecule is O=C(CN1CCCCCC1)c1cnn2c(C(F)(F)F)cc(-c3cccs3)nc12. The predicted molar refractivity (Wildman–Crippen MR) is 101 cm³/mol. The normalized spacial score (nSPS) is 16.4. The van der Waals surface area contributed by atoms with Crippen LogP contribution in [0.25, 0.3) is 16.2 Å². The van der Waals surface area contributed by atoms with E-state index in [4.69, 9.17) is 0 Å². The number of thiophene rings is 1. The lowest BCUT2D eigenvalue weighted by Gasteiger charge is -2.18. The number of carbonyl (C=O) groups is 1. The number of rotatable bonds is 4. The van der Waals surface area contributed by atoms with Crippen LogP contribution >= 0.6 is 11.3 Å². The number of aromatic nitrogens is 3. The number of carbonyl (C=O) groups excluding carboxylic acids is 1. The van der Waals surface area contributed by atoms with Crippen molar-refractivity contribution in [2.24, 2.45) is 0 Å². The monoisotopic (exact) mass is 408 g/mol. The van der Waals surface area contributed by atoms with E-state index in [2.05, 4.69) is 15.0 Å². The molecule has 0 saturated carbocycles. The van der Waals surface area contributed by atoms with E-state index in [1.807, 2.05) is 0 Å². The van der Waals surface area contributed by atoms with Gasteiger partial charge in [-0.2, -0.15) is 18.3 Å². The second kappa shape index (κ2) is 7.63. The summed E-state index contributed by atoms with van der Waals surface area (Å²) < 4.78 is 41.5. The molecular formula is C19H19F3N4OS. The standard InChI is InChI=1S/C19H19F3N4OS/c20-19(21,22)17-10-14(16-6-5-9-28-16)24-18-13(11-23-26(17)18)15(27)12-25-7-3-1-2-4-8-25/h5-6,9-11H,1-4,7-8,12H2. The second-order valence-electron chi connectivity index (χ2n) is 6.91. The maximum atomic E-state index is 13.6. The van der Waals surface area contributed by atoms with Gasteiger partial charge in [0.25, 0.3) is 0 Å². The van der Waals surface area contributed by atoms with Gasteiger partial charge in [-0.3, -0.25) is 9.69 Å². The van der Waals surface area contributed by atoms with Gasteiger partial charge in [-0.1, -0.05) is 18.9 Å². The average Bonchev–Trinajstić information content (AvgIpc) is 3.26. The van der Waals surface area contributed by atoms with Crippen LogP contribution in [0.4, 0.5) is 13.2 Å². The molecule has 4 rings (SSSR count). The molecule has 1 fully saturated rings. The van der Waals surface area contributed by atoms with Crippen LogP contribution in [-0.2, 0) is 6.18 Å². The molecule has 0 N–H and O–H groups in total. The molecule has 148 valence electrons. The number of likely N-dealkylation sites (tertiary alicyclic amines) is 1. The summed E-state index contributed by atoms with van der Waals surface area (Å²) in [6.07, 6.45) is 0.937. The third kappa shape index (κ3) is 3.81. The van der Waals surface area contributed by atoms with Crippen LogP contribution < -0.4 is 0 Å². The molecule has 5 nitrogen and oxygen atoms in total. The molecule has 0 radical (unpaired) electrons. The first-order valence-electron chi connectivity index (χ1n) is 9.19. The first-order chi connectivity index (χ1) is 13.4. The molecule has 3 aromatic rings. The summed E-state index contributed by atoms with van der Waals surface area (Å²) in [6.45, 7) is 1.83. The minimum atomic E-state index is -4.61. The largest absolute Gasteiger partial charge is 0.433 e. The Bertz CT molecular complexity index is 973. The lowest BCUT2D eigenvalue weighted by atomic mass is 10.2. The zero-order valence-electron chi connectivity index (χ0n) is 15.1. The van der Waals surface area contributed by atoms with Gasteiger partial charge in [0, 0.05) is 0 Å². The summed E-state index contributed by atoms with van der Waals surface area (Å²) in [5.74, 6) is -0.249. The van der Waals surface area contributed by atoms with Crippen molar-refractivity contribution in [2.45, 2.75) is 31.9 Å². The van der Waals surface area contributed by atoms with E-state index in [1.54, 1.807) is 17.5 Å². The number of Topliss-reactive ketones (excluding diaryl/α,β-unsaturated/α-hetero) is 1. The highest BCUT2D eigenvalue weighted by Crippen LogP contribution is 2.34. The second-order valence-corrected chi connectivity index (χ2v) is 7.86. The molecule has 0 bridgehead atoms. The van der Waals surface area contributed by atoms with E-state index in [0.29, 0.717) is 4.88 Å². The Hall–Kier alpha value is -2.26. The molecule has 3 aromatic heterocycles. The van der Waals surface area contributed by atoms with E-state index >= 15 is 0 Å². The Labute approximate surface area is 163 Å². The summed E-state index contributed by atoms with van der Waals surface area (Å²) in [5.41, 5.74) is -0.653. The topological polar surface area (TPSA) is 50.5 Å². The first kappa shape index (κ1) is 19.1. The van der Waals surface area contributed by atoms with Gasteiger partial charge in [0.1, 0.15) is 0 Å². The Morgan fingerprint density at radius 3 is 2.57 bits per heavy atom. The number of fused-ring (bicyclic) bond motifs is 1.